The van der Waals surface area contributed by atoms with E-state index in [1.54, 1.807) is 19.1 Å². The van der Waals surface area contributed by atoms with Crippen LogP contribution in [0.5, 0.6) is 17.2 Å². The molecule has 0 saturated carbocycles. The van der Waals surface area contributed by atoms with E-state index in [1.807, 2.05) is 84.9 Å². The number of rotatable bonds is 13. The first-order chi connectivity index (χ1) is 23.1. The number of amides is 1. The fourth-order valence-corrected chi connectivity index (χ4v) is 6.90. The molecule has 0 spiro atoms. The van der Waals surface area contributed by atoms with Crippen LogP contribution in [0, 0.1) is 0 Å². The van der Waals surface area contributed by atoms with Crippen LogP contribution in [0.1, 0.15) is 85.8 Å². The Balaban J connectivity index is 1.44. The first-order valence-corrected chi connectivity index (χ1v) is 16.9. The van der Waals surface area contributed by atoms with Gasteiger partial charge in [-0.15, -0.1) is 0 Å². The third-order valence-electron chi connectivity index (χ3n) is 9.51. The SMILES string of the molecule is COc1ccc(C(OC[C@@H]2C[C@@H](O)CN2C(=O)CCc2cc(C(C)C)c(C(C)C)cc2O)(c2ccccc2)c2ccc(OC)cc2)cc1. The van der Waals surface area contributed by atoms with E-state index in [0.29, 0.717) is 18.8 Å². The van der Waals surface area contributed by atoms with E-state index in [9.17, 15) is 15.0 Å². The van der Waals surface area contributed by atoms with Crippen molar-refractivity contribution in [2.24, 2.45) is 0 Å². The van der Waals surface area contributed by atoms with Gasteiger partial charge < -0.3 is 29.3 Å². The fraction of sp³-hybridized carbons (Fsp3) is 0.390. The van der Waals surface area contributed by atoms with Crippen LogP contribution in [0.3, 0.4) is 0 Å². The highest BCUT2D eigenvalue weighted by Gasteiger charge is 2.41. The van der Waals surface area contributed by atoms with Gasteiger partial charge >= 0.3 is 0 Å². The van der Waals surface area contributed by atoms with Crippen LogP contribution in [-0.2, 0) is 21.6 Å². The number of β-amino-alcohol motifs (C(OH)–C–C–N with tert-alkyl or cyclic N) is 1. The maximum atomic E-state index is 13.8. The minimum absolute atomic E-state index is 0.0715. The molecular weight excluding hydrogens is 602 g/mol. The second kappa shape index (κ2) is 15.3. The molecule has 0 bridgehead atoms. The smallest absolute Gasteiger partial charge is 0.223 e. The third-order valence-corrected chi connectivity index (χ3v) is 9.51. The van der Waals surface area contributed by atoms with Gasteiger partial charge in [0.15, 0.2) is 0 Å². The fourth-order valence-electron chi connectivity index (χ4n) is 6.90. The molecule has 7 heteroatoms. The number of likely N-dealkylation sites (tertiary alicyclic amines) is 1. The van der Waals surface area contributed by atoms with E-state index in [2.05, 4.69) is 33.8 Å². The number of hydrogen-bond donors (Lipinski definition) is 2. The molecule has 1 aliphatic heterocycles. The quantitative estimate of drug-likeness (QED) is 0.145. The Labute approximate surface area is 285 Å². The first kappa shape index (κ1) is 35.0. The predicted octanol–water partition coefficient (Wildman–Crippen LogP) is 7.56. The van der Waals surface area contributed by atoms with Gasteiger partial charge in [-0.3, -0.25) is 4.79 Å². The summed E-state index contributed by atoms with van der Waals surface area (Å²) in [6.45, 7) is 8.99. The van der Waals surface area contributed by atoms with Crippen molar-refractivity contribution in [1.29, 1.82) is 0 Å². The molecule has 1 fully saturated rings. The number of carbonyl (C=O) groups excluding carboxylic acids is 1. The van der Waals surface area contributed by atoms with E-state index in [-0.39, 0.29) is 43.2 Å². The van der Waals surface area contributed by atoms with Crippen LogP contribution in [0.15, 0.2) is 91.0 Å². The van der Waals surface area contributed by atoms with Gasteiger partial charge in [0.2, 0.25) is 5.91 Å². The molecule has 1 amide bonds. The van der Waals surface area contributed by atoms with Crippen LogP contribution < -0.4 is 9.47 Å². The largest absolute Gasteiger partial charge is 0.508 e. The maximum absolute atomic E-state index is 13.8. The van der Waals surface area contributed by atoms with Gasteiger partial charge in [-0.1, -0.05) is 88.4 Å². The summed E-state index contributed by atoms with van der Waals surface area (Å²) in [4.78, 5) is 15.6. The molecule has 254 valence electrons. The summed E-state index contributed by atoms with van der Waals surface area (Å²) < 4.78 is 18.0. The number of hydrogen-bond acceptors (Lipinski definition) is 6. The second-order valence-electron chi connectivity index (χ2n) is 13.3. The van der Waals surface area contributed by atoms with Gasteiger partial charge in [0.1, 0.15) is 22.8 Å². The molecule has 0 aromatic heterocycles. The average molecular weight is 652 g/mol. The summed E-state index contributed by atoms with van der Waals surface area (Å²) in [7, 11) is 3.28. The van der Waals surface area contributed by atoms with Gasteiger partial charge in [0.05, 0.1) is 33.0 Å². The third kappa shape index (κ3) is 7.38. The summed E-state index contributed by atoms with van der Waals surface area (Å²) in [5.74, 6) is 2.21. The minimum atomic E-state index is -1.03. The van der Waals surface area contributed by atoms with E-state index in [4.69, 9.17) is 14.2 Å². The van der Waals surface area contributed by atoms with Gasteiger partial charge in [0, 0.05) is 13.0 Å². The summed E-state index contributed by atoms with van der Waals surface area (Å²) in [6.07, 6.45) is 0.389. The highest BCUT2D eigenvalue weighted by Crippen LogP contribution is 2.42. The molecule has 0 aliphatic carbocycles. The first-order valence-electron chi connectivity index (χ1n) is 16.9. The number of aromatic hydroxyl groups is 1. The zero-order valence-electron chi connectivity index (χ0n) is 29.0. The van der Waals surface area contributed by atoms with Gasteiger partial charge in [-0.2, -0.15) is 0 Å². The molecule has 0 radical (unpaired) electrons. The molecule has 48 heavy (non-hydrogen) atoms. The Bertz CT molecular complexity index is 1600. The van der Waals surface area contributed by atoms with Crippen molar-refractivity contribution < 1.29 is 29.2 Å². The standard InChI is InChI=1S/C41H49NO6/c1-27(2)37-22-29(39(44)24-38(37)28(3)4)12-21-40(45)42-25-34(43)23-33(42)26-48-41(30-10-8-7-9-11-30,31-13-17-35(46-5)18-14-31)32-15-19-36(47-6)20-16-32/h7-11,13-20,22,24,27-28,33-34,43-44H,12,21,23,25-26H2,1-6H3/t33-,34+/m0/s1. The number of nitrogens with zero attached hydrogens (tertiary/aromatic N) is 1. The molecule has 2 atom stereocenters. The lowest BCUT2D eigenvalue weighted by Crippen LogP contribution is -2.42. The van der Waals surface area contributed by atoms with Crippen molar-refractivity contribution in [3.8, 4) is 17.2 Å². The van der Waals surface area contributed by atoms with E-state index >= 15 is 0 Å². The topological polar surface area (TPSA) is 88.5 Å². The Morgan fingerprint density at radius 2 is 1.33 bits per heavy atom. The van der Waals surface area contributed by atoms with Crippen LogP contribution in [0.4, 0.5) is 0 Å². The van der Waals surface area contributed by atoms with Gasteiger partial charge in [-0.25, -0.2) is 0 Å². The summed E-state index contributed by atoms with van der Waals surface area (Å²) >= 11 is 0. The van der Waals surface area contributed by atoms with Crippen molar-refractivity contribution in [3.63, 3.8) is 0 Å². The molecule has 4 aromatic carbocycles. The van der Waals surface area contributed by atoms with Crippen molar-refractivity contribution in [2.45, 2.75) is 76.5 Å². The van der Waals surface area contributed by atoms with E-state index < -0.39 is 11.7 Å². The summed E-state index contributed by atoms with van der Waals surface area (Å²) in [6, 6.07) is 29.3. The Hall–Kier alpha value is -4.33. The average Bonchev–Trinajstić information content (AvgIpc) is 3.48. The Morgan fingerprint density at radius 1 is 0.812 bits per heavy atom. The lowest BCUT2D eigenvalue weighted by atomic mass is 9.80. The molecule has 1 saturated heterocycles. The normalized spacial score (nSPS) is 16.5. The van der Waals surface area contributed by atoms with Crippen LogP contribution in [-0.4, -0.2) is 60.5 Å². The maximum Gasteiger partial charge on any atom is 0.223 e. The number of aliphatic hydroxyl groups excluding tert-OH is 1. The Kier molecular flexibility index (Phi) is 11.1. The number of ether oxygens (including phenoxy) is 3. The number of benzene rings is 4. The number of methoxy groups -OCH3 is 2. The monoisotopic (exact) mass is 651 g/mol. The van der Waals surface area contributed by atoms with E-state index in [0.717, 1.165) is 39.3 Å². The summed E-state index contributed by atoms with van der Waals surface area (Å²) in [5.41, 5.74) is 4.80. The van der Waals surface area contributed by atoms with Crippen LogP contribution >= 0.6 is 0 Å². The highest BCUT2D eigenvalue weighted by molar-refractivity contribution is 5.77. The minimum Gasteiger partial charge on any atom is -0.508 e. The van der Waals surface area contributed by atoms with Crippen LogP contribution in [0.2, 0.25) is 0 Å². The number of phenols is 1. The van der Waals surface area contributed by atoms with Crippen LogP contribution in [0.25, 0.3) is 0 Å². The number of aryl methyl sites for hydroxylation is 1. The molecule has 2 N–H and O–H groups in total. The number of carbonyl (C=O) groups is 1. The molecular formula is C41H49NO6. The zero-order valence-corrected chi connectivity index (χ0v) is 29.0. The molecule has 5 rings (SSSR count). The van der Waals surface area contributed by atoms with Gasteiger partial charge in [0.25, 0.3) is 0 Å². The van der Waals surface area contributed by atoms with Crippen molar-refractivity contribution >= 4 is 5.91 Å². The lowest BCUT2D eigenvalue weighted by Gasteiger charge is -2.38. The number of phenolic OH excluding ortho intramolecular Hbond substituents is 1. The van der Waals surface area contributed by atoms with E-state index in [1.165, 1.54) is 5.56 Å². The summed E-state index contributed by atoms with van der Waals surface area (Å²) in [5, 5.41) is 21.7. The lowest BCUT2D eigenvalue weighted by molar-refractivity contribution is -0.134. The second-order valence-corrected chi connectivity index (χ2v) is 13.3. The molecule has 7 nitrogen and oxygen atoms in total. The molecule has 1 heterocycles. The highest BCUT2D eigenvalue weighted by atomic mass is 16.5. The van der Waals surface area contributed by atoms with Gasteiger partial charge in [-0.05, 0) is 88.4 Å². The molecule has 4 aromatic rings. The molecule has 1 aliphatic rings. The number of aliphatic hydroxyl groups is 1. The zero-order chi connectivity index (χ0) is 34.4. The predicted molar refractivity (Wildman–Crippen MR) is 189 cm³/mol. The van der Waals surface area contributed by atoms with Crippen molar-refractivity contribution in [1.82, 2.24) is 4.90 Å². The van der Waals surface area contributed by atoms with Crippen molar-refractivity contribution in [2.75, 3.05) is 27.4 Å². The Morgan fingerprint density at radius 3 is 1.85 bits per heavy atom. The van der Waals surface area contributed by atoms with Crippen molar-refractivity contribution in [3.05, 3.63) is 124 Å². The molecule has 0 unspecified atom stereocenters.